The van der Waals surface area contributed by atoms with Crippen molar-refractivity contribution in [2.75, 3.05) is 13.1 Å². The van der Waals surface area contributed by atoms with Crippen LogP contribution in [0.2, 0.25) is 5.02 Å². The summed E-state index contributed by atoms with van der Waals surface area (Å²) in [4.78, 5) is 12.5. The number of amides is 1. The van der Waals surface area contributed by atoms with Gasteiger partial charge in [0, 0.05) is 30.8 Å². The number of alkyl halides is 2. The van der Waals surface area contributed by atoms with Crippen LogP contribution in [0.25, 0.3) is 0 Å². The number of para-hydroxylation sites is 1. The first-order chi connectivity index (χ1) is 14.7. The molecule has 1 N–H and O–H groups in total. The summed E-state index contributed by atoms with van der Waals surface area (Å²) in [5.74, 6) is -0.368. The second-order valence-corrected chi connectivity index (χ2v) is 9.74. The van der Waals surface area contributed by atoms with Crippen LogP contribution in [0.1, 0.15) is 35.7 Å². The van der Waals surface area contributed by atoms with Gasteiger partial charge in [0.15, 0.2) is 0 Å². The molecule has 2 aromatic carbocycles. The van der Waals surface area contributed by atoms with E-state index in [4.69, 9.17) is 11.6 Å². The topological polar surface area (TPSA) is 75.7 Å². The lowest BCUT2D eigenvalue weighted by Gasteiger charge is -2.30. The van der Waals surface area contributed by atoms with Gasteiger partial charge in [0.2, 0.25) is 10.0 Å². The molecule has 1 saturated heterocycles. The summed E-state index contributed by atoms with van der Waals surface area (Å²) in [7, 11) is -3.85. The fourth-order valence-corrected chi connectivity index (χ4v) is 5.58. The van der Waals surface area contributed by atoms with Crippen molar-refractivity contribution in [2.45, 2.75) is 37.8 Å². The molecular weight excluding hydrogens is 450 g/mol. The van der Waals surface area contributed by atoms with Crippen LogP contribution in [0.15, 0.2) is 47.4 Å². The Kier molecular flexibility index (Phi) is 7.51. The van der Waals surface area contributed by atoms with Crippen molar-refractivity contribution in [3.05, 3.63) is 58.6 Å². The normalized spacial score (nSPS) is 17.5. The molecular formula is C21H23ClF2N2O4S. The third-order valence-corrected chi connectivity index (χ3v) is 7.41. The van der Waals surface area contributed by atoms with Gasteiger partial charge < -0.3 is 10.1 Å². The summed E-state index contributed by atoms with van der Waals surface area (Å²) in [6.45, 7) is -0.270. The molecule has 0 aromatic heterocycles. The Labute approximate surface area is 185 Å². The highest BCUT2D eigenvalue weighted by Gasteiger charge is 2.31. The Morgan fingerprint density at radius 3 is 2.74 bits per heavy atom. The zero-order valence-corrected chi connectivity index (χ0v) is 18.4. The molecule has 1 amide bonds. The first kappa shape index (κ1) is 23.4. The van der Waals surface area contributed by atoms with E-state index in [2.05, 4.69) is 10.1 Å². The molecule has 0 saturated carbocycles. The lowest BCUT2D eigenvalue weighted by atomic mass is 10.0. The fourth-order valence-electron chi connectivity index (χ4n) is 3.48. The van der Waals surface area contributed by atoms with Gasteiger partial charge in [-0.3, -0.25) is 4.79 Å². The van der Waals surface area contributed by atoms with E-state index in [9.17, 15) is 22.0 Å². The summed E-state index contributed by atoms with van der Waals surface area (Å²) in [5.41, 5.74) is 0.459. The van der Waals surface area contributed by atoms with Gasteiger partial charge in [-0.05, 0) is 43.0 Å². The lowest BCUT2D eigenvalue weighted by Crippen LogP contribution is -2.39. The highest BCUT2D eigenvalue weighted by molar-refractivity contribution is 7.89. The number of benzene rings is 2. The summed E-state index contributed by atoms with van der Waals surface area (Å²) >= 11 is 6.16. The molecule has 3 rings (SSSR count). The van der Waals surface area contributed by atoms with Crippen LogP contribution in [-0.4, -0.2) is 38.3 Å². The molecule has 2 aromatic rings. The molecule has 0 aliphatic carbocycles. The minimum absolute atomic E-state index is 0.0328. The highest BCUT2D eigenvalue weighted by atomic mass is 35.5. The van der Waals surface area contributed by atoms with E-state index in [1.807, 2.05) is 6.92 Å². The Hall–Kier alpha value is -2.23. The molecule has 31 heavy (non-hydrogen) atoms. The van der Waals surface area contributed by atoms with Crippen molar-refractivity contribution in [1.82, 2.24) is 9.62 Å². The van der Waals surface area contributed by atoms with Crippen LogP contribution in [0.5, 0.6) is 5.75 Å². The summed E-state index contributed by atoms with van der Waals surface area (Å²) in [6, 6.07) is 10.1. The SMILES string of the molecule is CC1CCCN(S(=O)(=O)c2cc(C(=O)NCc3ccccc3OC(F)F)ccc2Cl)C1. The third kappa shape index (κ3) is 5.72. The van der Waals surface area contributed by atoms with Crippen molar-refractivity contribution in [2.24, 2.45) is 5.92 Å². The number of nitrogens with one attached hydrogen (secondary N) is 1. The van der Waals surface area contributed by atoms with E-state index < -0.39 is 22.5 Å². The molecule has 1 atom stereocenters. The molecule has 168 valence electrons. The monoisotopic (exact) mass is 472 g/mol. The first-order valence-electron chi connectivity index (χ1n) is 9.79. The average Bonchev–Trinajstić information content (AvgIpc) is 2.72. The molecule has 1 aliphatic heterocycles. The number of halogens is 3. The Morgan fingerprint density at radius 1 is 1.29 bits per heavy atom. The Bertz CT molecular complexity index is 1050. The van der Waals surface area contributed by atoms with Crippen molar-refractivity contribution < 1.29 is 26.7 Å². The summed E-state index contributed by atoms with van der Waals surface area (Å²) in [6.07, 6.45) is 1.72. The van der Waals surface area contributed by atoms with Crippen molar-refractivity contribution in [3.8, 4) is 5.75 Å². The first-order valence-corrected chi connectivity index (χ1v) is 11.6. The number of sulfonamides is 1. The van der Waals surface area contributed by atoms with Gasteiger partial charge in [-0.1, -0.05) is 36.7 Å². The van der Waals surface area contributed by atoms with Gasteiger partial charge in [0.05, 0.1) is 5.02 Å². The van der Waals surface area contributed by atoms with Gasteiger partial charge in [0.1, 0.15) is 10.6 Å². The highest BCUT2D eigenvalue weighted by Crippen LogP contribution is 2.29. The standard InChI is InChI=1S/C21H23ClF2N2O4S/c1-14-5-4-10-26(13-14)31(28,29)19-11-15(8-9-17(19)22)20(27)25-12-16-6-2-3-7-18(16)30-21(23)24/h2-3,6-9,11,14,21H,4-5,10,12-13H2,1H3,(H,25,27). The van der Waals surface area contributed by atoms with Gasteiger partial charge in [-0.15, -0.1) is 0 Å². The smallest absolute Gasteiger partial charge is 0.387 e. The molecule has 1 unspecified atom stereocenters. The summed E-state index contributed by atoms with van der Waals surface area (Å²) in [5, 5.41) is 2.63. The van der Waals surface area contributed by atoms with Crippen LogP contribution in [0.3, 0.4) is 0 Å². The van der Waals surface area contributed by atoms with Crippen LogP contribution < -0.4 is 10.1 Å². The van der Waals surface area contributed by atoms with Crippen LogP contribution >= 0.6 is 11.6 Å². The number of hydrogen-bond acceptors (Lipinski definition) is 4. The van der Waals surface area contributed by atoms with E-state index in [0.29, 0.717) is 18.7 Å². The summed E-state index contributed by atoms with van der Waals surface area (Å²) < 4.78 is 57.1. The molecule has 10 heteroatoms. The predicted octanol–water partition coefficient (Wildman–Crippen LogP) is 4.29. The van der Waals surface area contributed by atoms with Crippen LogP contribution in [0, 0.1) is 5.92 Å². The second-order valence-electron chi connectivity index (χ2n) is 7.42. The number of hydrogen-bond donors (Lipinski definition) is 1. The number of carbonyl (C=O) groups excluding carboxylic acids is 1. The second kappa shape index (κ2) is 9.93. The fraction of sp³-hybridized carbons (Fsp3) is 0.381. The van der Waals surface area contributed by atoms with Crippen molar-refractivity contribution in [1.29, 1.82) is 0 Å². The number of nitrogens with zero attached hydrogens (tertiary/aromatic N) is 1. The zero-order valence-electron chi connectivity index (χ0n) is 16.9. The molecule has 0 bridgehead atoms. The zero-order chi connectivity index (χ0) is 22.6. The maximum absolute atomic E-state index is 13.1. The minimum atomic E-state index is -3.85. The van der Waals surface area contributed by atoms with E-state index in [0.717, 1.165) is 12.8 Å². The number of piperidine rings is 1. The number of ether oxygens (including phenoxy) is 1. The average molecular weight is 473 g/mol. The van der Waals surface area contributed by atoms with Gasteiger partial charge in [0.25, 0.3) is 5.91 Å². The maximum atomic E-state index is 13.1. The van der Waals surface area contributed by atoms with Crippen LogP contribution in [-0.2, 0) is 16.6 Å². The quantitative estimate of drug-likeness (QED) is 0.652. The van der Waals surface area contributed by atoms with Crippen molar-refractivity contribution >= 4 is 27.5 Å². The molecule has 1 aliphatic rings. The predicted molar refractivity (Wildman–Crippen MR) is 113 cm³/mol. The third-order valence-electron chi connectivity index (χ3n) is 5.06. The van der Waals surface area contributed by atoms with Gasteiger partial charge >= 0.3 is 6.61 Å². The minimum Gasteiger partial charge on any atom is -0.434 e. The Morgan fingerprint density at radius 2 is 2.03 bits per heavy atom. The Balaban J connectivity index is 1.78. The van der Waals surface area contributed by atoms with E-state index in [-0.39, 0.29) is 33.7 Å². The maximum Gasteiger partial charge on any atom is 0.387 e. The lowest BCUT2D eigenvalue weighted by molar-refractivity contribution is -0.0504. The molecule has 1 fully saturated rings. The van der Waals surface area contributed by atoms with Gasteiger partial charge in [-0.25, -0.2) is 8.42 Å². The molecule has 0 radical (unpaired) electrons. The molecule has 0 spiro atoms. The molecule has 1 heterocycles. The largest absolute Gasteiger partial charge is 0.434 e. The molecule has 6 nitrogen and oxygen atoms in total. The van der Waals surface area contributed by atoms with Gasteiger partial charge in [-0.2, -0.15) is 13.1 Å². The van der Waals surface area contributed by atoms with E-state index >= 15 is 0 Å². The van der Waals surface area contributed by atoms with E-state index in [1.54, 1.807) is 18.2 Å². The van der Waals surface area contributed by atoms with Crippen LogP contribution in [0.4, 0.5) is 8.78 Å². The van der Waals surface area contributed by atoms with E-state index in [1.165, 1.54) is 28.6 Å². The number of carbonyl (C=O) groups is 1. The van der Waals surface area contributed by atoms with Crippen molar-refractivity contribution in [3.63, 3.8) is 0 Å². The number of rotatable bonds is 7.